The molecule has 2 heterocycles. The lowest BCUT2D eigenvalue weighted by atomic mass is 9.81. The number of carboxylic acid groups (broad SMARTS) is 1. The molecule has 0 bridgehead atoms. The summed E-state index contributed by atoms with van der Waals surface area (Å²) in [6, 6.07) is 4.46. The maximum atomic E-state index is 13.8. The van der Waals surface area contributed by atoms with Crippen molar-refractivity contribution in [1.82, 2.24) is 4.90 Å². The summed E-state index contributed by atoms with van der Waals surface area (Å²) in [6.45, 7) is 1.18. The van der Waals surface area contributed by atoms with Gasteiger partial charge in [-0.3, -0.25) is 9.59 Å². The van der Waals surface area contributed by atoms with Crippen LogP contribution in [0, 0.1) is 23.1 Å². The molecule has 3 aliphatic rings. The first-order valence-corrected chi connectivity index (χ1v) is 9.39. The van der Waals surface area contributed by atoms with E-state index in [1.807, 2.05) is 0 Å². The van der Waals surface area contributed by atoms with Gasteiger partial charge in [0, 0.05) is 19.7 Å². The number of likely N-dealkylation sites (tertiary alicyclic amines) is 1. The highest BCUT2D eigenvalue weighted by Gasteiger charge is 2.56. The van der Waals surface area contributed by atoms with Crippen molar-refractivity contribution in [2.24, 2.45) is 17.3 Å². The molecular formula is C19H21ClFNO4. The Hall–Kier alpha value is -1.66. The van der Waals surface area contributed by atoms with Crippen LogP contribution in [0.3, 0.4) is 0 Å². The molecule has 4 atom stereocenters. The quantitative estimate of drug-likeness (QED) is 0.872. The molecule has 1 aromatic rings. The van der Waals surface area contributed by atoms with E-state index in [-0.39, 0.29) is 23.4 Å². The van der Waals surface area contributed by atoms with Crippen molar-refractivity contribution in [2.75, 3.05) is 19.7 Å². The maximum Gasteiger partial charge on any atom is 0.311 e. The van der Waals surface area contributed by atoms with Crippen LogP contribution in [0.5, 0.6) is 0 Å². The van der Waals surface area contributed by atoms with Crippen LogP contribution in [0.15, 0.2) is 18.2 Å². The van der Waals surface area contributed by atoms with Gasteiger partial charge in [0.05, 0.1) is 22.5 Å². The molecule has 26 heavy (non-hydrogen) atoms. The van der Waals surface area contributed by atoms with Gasteiger partial charge in [-0.15, -0.1) is 0 Å². The Morgan fingerprint density at radius 1 is 1.35 bits per heavy atom. The van der Waals surface area contributed by atoms with E-state index in [9.17, 15) is 19.1 Å². The molecule has 1 aromatic carbocycles. The van der Waals surface area contributed by atoms with Crippen LogP contribution in [-0.2, 0) is 14.3 Å². The van der Waals surface area contributed by atoms with Gasteiger partial charge in [0.1, 0.15) is 5.82 Å². The van der Waals surface area contributed by atoms with Crippen molar-refractivity contribution in [1.29, 1.82) is 0 Å². The monoisotopic (exact) mass is 381 g/mol. The topological polar surface area (TPSA) is 66.8 Å². The minimum Gasteiger partial charge on any atom is -0.481 e. The second-order valence-electron chi connectivity index (χ2n) is 7.63. The van der Waals surface area contributed by atoms with E-state index in [0.29, 0.717) is 31.6 Å². The fourth-order valence-electron chi connectivity index (χ4n) is 4.90. The first-order valence-electron chi connectivity index (χ1n) is 9.01. The summed E-state index contributed by atoms with van der Waals surface area (Å²) in [6.07, 6.45) is 2.41. The van der Waals surface area contributed by atoms with E-state index in [1.165, 1.54) is 12.1 Å². The number of fused-ring (bicyclic) bond motifs is 1. The van der Waals surface area contributed by atoms with Gasteiger partial charge < -0.3 is 14.7 Å². The minimum absolute atomic E-state index is 0.0256. The molecule has 2 aliphatic heterocycles. The van der Waals surface area contributed by atoms with Crippen LogP contribution in [0.4, 0.5) is 4.39 Å². The molecular weight excluding hydrogens is 361 g/mol. The normalized spacial score (nSPS) is 33.5. The summed E-state index contributed by atoms with van der Waals surface area (Å²) in [5, 5.41) is 9.74. The Bertz CT molecular complexity index is 757. The van der Waals surface area contributed by atoms with Crippen LogP contribution in [0.25, 0.3) is 0 Å². The molecule has 4 rings (SSSR count). The Morgan fingerprint density at radius 3 is 2.85 bits per heavy atom. The van der Waals surface area contributed by atoms with Gasteiger partial charge in [-0.25, -0.2) is 4.39 Å². The number of carboxylic acids is 1. The second kappa shape index (κ2) is 6.50. The Morgan fingerprint density at radius 2 is 2.15 bits per heavy atom. The van der Waals surface area contributed by atoms with Gasteiger partial charge in [-0.05, 0) is 42.9 Å². The van der Waals surface area contributed by atoms with E-state index in [4.69, 9.17) is 16.3 Å². The molecule has 140 valence electrons. The predicted octanol–water partition coefficient (Wildman–Crippen LogP) is 3.27. The number of carbonyl (C=O) groups excluding carboxylic acids is 1. The molecule has 3 fully saturated rings. The lowest BCUT2D eigenvalue weighted by molar-refractivity contribution is -0.149. The van der Waals surface area contributed by atoms with E-state index in [0.717, 1.165) is 12.8 Å². The van der Waals surface area contributed by atoms with Crippen LogP contribution in [-0.4, -0.2) is 41.6 Å². The lowest BCUT2D eigenvalue weighted by Crippen LogP contribution is -2.40. The number of rotatable bonds is 3. The summed E-state index contributed by atoms with van der Waals surface area (Å²) in [5.74, 6) is -1.81. The molecule has 7 heteroatoms. The molecule has 1 N–H and O–H groups in total. The van der Waals surface area contributed by atoms with Crippen LogP contribution < -0.4 is 0 Å². The third-order valence-electron chi connectivity index (χ3n) is 6.29. The third-order valence-corrected chi connectivity index (χ3v) is 6.60. The Kier molecular flexibility index (Phi) is 4.43. The highest BCUT2D eigenvalue weighted by atomic mass is 35.5. The highest BCUT2D eigenvalue weighted by molar-refractivity contribution is 6.30. The van der Waals surface area contributed by atoms with Gasteiger partial charge in [0.2, 0.25) is 5.91 Å². The average Bonchev–Trinajstić information content (AvgIpc) is 3.30. The van der Waals surface area contributed by atoms with Crippen LogP contribution in [0.1, 0.15) is 37.4 Å². The van der Waals surface area contributed by atoms with Crippen molar-refractivity contribution >= 4 is 23.5 Å². The van der Waals surface area contributed by atoms with Gasteiger partial charge >= 0.3 is 5.97 Å². The number of hydrogen-bond acceptors (Lipinski definition) is 3. The number of carbonyl (C=O) groups is 2. The number of benzene rings is 1. The molecule has 5 nitrogen and oxygen atoms in total. The third kappa shape index (κ3) is 2.70. The standard InChI is InChI=1S/C19H21ClFNO4/c20-14-4-3-11(8-15(14)21)16-13(5-7-26-16)17(23)22-9-12-2-1-6-19(12,10-22)18(24)25/h3-4,8,12-13,16H,1-2,5-7,9-10H2,(H,24,25)/t12-,13+,16-,19+/m0/s1. The summed E-state index contributed by atoms with van der Waals surface area (Å²) >= 11 is 5.74. The summed E-state index contributed by atoms with van der Waals surface area (Å²) in [5.41, 5.74) is -0.202. The fourth-order valence-corrected chi connectivity index (χ4v) is 5.02. The molecule has 0 unspecified atom stereocenters. The fraction of sp³-hybridized carbons (Fsp3) is 0.579. The molecule has 0 spiro atoms. The van der Waals surface area contributed by atoms with E-state index >= 15 is 0 Å². The average molecular weight is 382 g/mol. The minimum atomic E-state index is -0.797. The van der Waals surface area contributed by atoms with E-state index in [1.54, 1.807) is 11.0 Å². The lowest BCUT2D eigenvalue weighted by Gasteiger charge is -2.26. The van der Waals surface area contributed by atoms with Crippen molar-refractivity contribution in [3.8, 4) is 0 Å². The number of amides is 1. The zero-order chi connectivity index (χ0) is 18.5. The van der Waals surface area contributed by atoms with Gasteiger partial charge in [-0.2, -0.15) is 0 Å². The van der Waals surface area contributed by atoms with Gasteiger partial charge in [-0.1, -0.05) is 24.1 Å². The smallest absolute Gasteiger partial charge is 0.311 e. The number of hydrogen-bond donors (Lipinski definition) is 1. The highest BCUT2D eigenvalue weighted by Crippen LogP contribution is 2.50. The van der Waals surface area contributed by atoms with Crippen molar-refractivity contribution < 1.29 is 23.8 Å². The van der Waals surface area contributed by atoms with Crippen molar-refractivity contribution in [3.05, 3.63) is 34.6 Å². The summed E-state index contributed by atoms with van der Waals surface area (Å²) < 4.78 is 19.5. The van der Waals surface area contributed by atoms with E-state index in [2.05, 4.69) is 0 Å². The molecule has 1 saturated carbocycles. The molecule has 0 aromatic heterocycles. The summed E-state index contributed by atoms with van der Waals surface area (Å²) in [4.78, 5) is 26.6. The van der Waals surface area contributed by atoms with Gasteiger partial charge in [0.25, 0.3) is 0 Å². The molecule has 1 aliphatic carbocycles. The Balaban J connectivity index is 1.54. The first-order chi connectivity index (χ1) is 12.4. The van der Waals surface area contributed by atoms with E-state index < -0.39 is 29.2 Å². The predicted molar refractivity (Wildman–Crippen MR) is 92.2 cm³/mol. The summed E-state index contributed by atoms with van der Waals surface area (Å²) in [7, 11) is 0. The van der Waals surface area contributed by atoms with Gasteiger partial charge in [0.15, 0.2) is 0 Å². The zero-order valence-electron chi connectivity index (χ0n) is 14.3. The first kappa shape index (κ1) is 17.7. The zero-order valence-corrected chi connectivity index (χ0v) is 15.0. The SMILES string of the molecule is O=C([C@@H]1CCO[C@H]1c1ccc(Cl)c(F)c1)N1C[C@@H]2CCC[C@@]2(C(=O)O)C1. The second-order valence-corrected chi connectivity index (χ2v) is 8.04. The molecule has 1 amide bonds. The molecule has 2 saturated heterocycles. The van der Waals surface area contributed by atoms with Crippen LogP contribution >= 0.6 is 11.6 Å². The maximum absolute atomic E-state index is 13.8. The molecule has 0 radical (unpaired) electrons. The van der Waals surface area contributed by atoms with Crippen molar-refractivity contribution in [3.63, 3.8) is 0 Å². The number of ether oxygens (including phenoxy) is 1. The number of nitrogens with zero attached hydrogens (tertiary/aromatic N) is 1. The largest absolute Gasteiger partial charge is 0.481 e. The number of aliphatic carboxylic acids is 1. The van der Waals surface area contributed by atoms with Crippen molar-refractivity contribution in [2.45, 2.75) is 31.8 Å². The van der Waals surface area contributed by atoms with Crippen LogP contribution in [0.2, 0.25) is 5.02 Å². The Labute approximate surface area is 156 Å². The number of halogens is 2.